The molecule has 3 heterocycles. The van der Waals surface area contributed by atoms with Crippen molar-refractivity contribution < 1.29 is 0 Å². The van der Waals surface area contributed by atoms with Gasteiger partial charge in [-0.25, -0.2) is 4.98 Å². The standard InChI is InChI=1S/C12H16N6/c1-13-12-17-10-3-5-15-7-9(10)11(18-12)16-8-2-4-14-6-8/h2,4,6,14-15H,3,5,7H2,1H3,(H2,13,16,17,18). The molecule has 0 unspecified atom stereocenters. The number of nitrogens with zero attached hydrogens (tertiary/aromatic N) is 2. The molecule has 0 bridgehead atoms. The van der Waals surface area contributed by atoms with Gasteiger partial charge in [0.1, 0.15) is 5.82 Å². The first kappa shape index (κ1) is 11.0. The van der Waals surface area contributed by atoms with E-state index in [1.165, 1.54) is 0 Å². The largest absolute Gasteiger partial charge is 0.366 e. The SMILES string of the molecule is CNc1nc2c(c(Nc3cc[nH]c3)n1)CNCC2. The van der Waals surface area contributed by atoms with Crippen LogP contribution in [0.5, 0.6) is 0 Å². The van der Waals surface area contributed by atoms with Crippen LogP contribution in [-0.2, 0) is 13.0 Å². The van der Waals surface area contributed by atoms with Gasteiger partial charge in [-0.1, -0.05) is 0 Å². The maximum Gasteiger partial charge on any atom is 0.224 e. The molecule has 0 aliphatic carbocycles. The van der Waals surface area contributed by atoms with Crippen molar-refractivity contribution in [3.63, 3.8) is 0 Å². The fourth-order valence-corrected chi connectivity index (χ4v) is 2.10. The van der Waals surface area contributed by atoms with Crippen LogP contribution >= 0.6 is 0 Å². The highest BCUT2D eigenvalue weighted by atomic mass is 15.1. The summed E-state index contributed by atoms with van der Waals surface area (Å²) in [6, 6.07) is 1.98. The number of fused-ring (bicyclic) bond motifs is 1. The number of rotatable bonds is 3. The summed E-state index contributed by atoms with van der Waals surface area (Å²) in [5, 5.41) is 9.68. The zero-order valence-electron chi connectivity index (χ0n) is 10.2. The molecule has 6 nitrogen and oxygen atoms in total. The Morgan fingerprint density at radius 3 is 3.06 bits per heavy atom. The van der Waals surface area contributed by atoms with Crippen LogP contribution in [0.4, 0.5) is 17.5 Å². The average molecular weight is 244 g/mol. The zero-order chi connectivity index (χ0) is 12.4. The molecule has 0 radical (unpaired) electrons. The second-order valence-corrected chi connectivity index (χ2v) is 4.22. The smallest absolute Gasteiger partial charge is 0.224 e. The lowest BCUT2D eigenvalue weighted by molar-refractivity contribution is 0.629. The maximum atomic E-state index is 4.51. The lowest BCUT2D eigenvalue weighted by Gasteiger charge is -2.20. The van der Waals surface area contributed by atoms with Gasteiger partial charge in [0, 0.05) is 44.5 Å². The Balaban J connectivity index is 2.00. The van der Waals surface area contributed by atoms with Crippen molar-refractivity contribution in [3.8, 4) is 0 Å². The highest BCUT2D eigenvalue weighted by molar-refractivity contribution is 5.61. The Labute approximate surface area is 105 Å². The predicted octanol–water partition coefficient (Wildman–Crippen LogP) is 1.24. The lowest BCUT2D eigenvalue weighted by Crippen LogP contribution is -2.26. The van der Waals surface area contributed by atoms with Crippen LogP contribution in [0.3, 0.4) is 0 Å². The normalized spacial score (nSPS) is 14.1. The minimum atomic E-state index is 0.661. The number of H-pyrrole nitrogens is 1. The minimum Gasteiger partial charge on any atom is -0.366 e. The Hall–Kier alpha value is -2.08. The maximum absolute atomic E-state index is 4.51. The van der Waals surface area contributed by atoms with Crippen molar-refractivity contribution in [1.29, 1.82) is 0 Å². The van der Waals surface area contributed by atoms with Gasteiger partial charge in [0.15, 0.2) is 0 Å². The second kappa shape index (κ2) is 4.66. The molecule has 2 aromatic heterocycles. The summed E-state index contributed by atoms with van der Waals surface area (Å²) < 4.78 is 0. The van der Waals surface area contributed by atoms with Gasteiger partial charge in [-0.05, 0) is 6.07 Å². The minimum absolute atomic E-state index is 0.661. The Morgan fingerprint density at radius 1 is 1.33 bits per heavy atom. The van der Waals surface area contributed by atoms with E-state index in [0.29, 0.717) is 5.95 Å². The van der Waals surface area contributed by atoms with E-state index < -0.39 is 0 Å². The van der Waals surface area contributed by atoms with E-state index in [9.17, 15) is 0 Å². The van der Waals surface area contributed by atoms with E-state index in [0.717, 1.165) is 42.3 Å². The first-order valence-electron chi connectivity index (χ1n) is 6.05. The molecular weight excluding hydrogens is 228 g/mol. The van der Waals surface area contributed by atoms with Crippen LogP contribution in [0.2, 0.25) is 0 Å². The molecule has 0 aromatic carbocycles. The van der Waals surface area contributed by atoms with Gasteiger partial charge in [0.05, 0.1) is 11.4 Å². The number of aromatic amines is 1. The molecule has 0 fully saturated rings. The van der Waals surface area contributed by atoms with Crippen LogP contribution in [0.1, 0.15) is 11.3 Å². The molecule has 2 aromatic rings. The highest BCUT2D eigenvalue weighted by Crippen LogP contribution is 2.24. The fourth-order valence-electron chi connectivity index (χ4n) is 2.10. The van der Waals surface area contributed by atoms with Gasteiger partial charge < -0.3 is 20.9 Å². The Morgan fingerprint density at radius 2 is 2.28 bits per heavy atom. The van der Waals surface area contributed by atoms with Gasteiger partial charge in [0.25, 0.3) is 0 Å². The van der Waals surface area contributed by atoms with Crippen molar-refractivity contribution in [2.45, 2.75) is 13.0 Å². The van der Waals surface area contributed by atoms with E-state index in [1.807, 2.05) is 25.5 Å². The molecule has 1 aliphatic heterocycles. The van der Waals surface area contributed by atoms with Gasteiger partial charge in [-0.2, -0.15) is 4.98 Å². The summed E-state index contributed by atoms with van der Waals surface area (Å²) in [5.41, 5.74) is 3.27. The third-order valence-electron chi connectivity index (χ3n) is 3.02. The monoisotopic (exact) mass is 244 g/mol. The Kier molecular flexibility index (Phi) is 2.85. The van der Waals surface area contributed by atoms with Crippen molar-refractivity contribution in [2.75, 3.05) is 24.2 Å². The molecule has 3 rings (SSSR count). The zero-order valence-corrected chi connectivity index (χ0v) is 10.2. The van der Waals surface area contributed by atoms with Gasteiger partial charge in [-0.3, -0.25) is 0 Å². The molecule has 18 heavy (non-hydrogen) atoms. The molecule has 6 heteroatoms. The number of aromatic nitrogens is 3. The van der Waals surface area contributed by atoms with E-state index >= 15 is 0 Å². The molecule has 0 amide bonds. The lowest BCUT2D eigenvalue weighted by atomic mass is 10.1. The quantitative estimate of drug-likeness (QED) is 0.653. The first-order chi connectivity index (χ1) is 8.86. The molecule has 0 saturated heterocycles. The average Bonchev–Trinajstić information content (AvgIpc) is 2.91. The van der Waals surface area contributed by atoms with E-state index in [1.54, 1.807) is 0 Å². The topological polar surface area (TPSA) is 77.7 Å². The van der Waals surface area contributed by atoms with Crippen molar-refractivity contribution in [1.82, 2.24) is 20.3 Å². The number of hydrogen-bond donors (Lipinski definition) is 4. The number of hydrogen-bond acceptors (Lipinski definition) is 5. The van der Waals surface area contributed by atoms with Crippen LogP contribution < -0.4 is 16.0 Å². The summed E-state index contributed by atoms with van der Waals surface area (Å²) in [4.78, 5) is 12.0. The van der Waals surface area contributed by atoms with Gasteiger partial charge in [-0.15, -0.1) is 0 Å². The van der Waals surface area contributed by atoms with Crippen LogP contribution in [-0.4, -0.2) is 28.5 Å². The second-order valence-electron chi connectivity index (χ2n) is 4.22. The fraction of sp³-hybridized carbons (Fsp3) is 0.333. The highest BCUT2D eigenvalue weighted by Gasteiger charge is 2.17. The third-order valence-corrected chi connectivity index (χ3v) is 3.02. The van der Waals surface area contributed by atoms with Crippen molar-refractivity contribution in [2.24, 2.45) is 0 Å². The summed E-state index contributed by atoms with van der Waals surface area (Å²) in [6.07, 6.45) is 4.73. The summed E-state index contributed by atoms with van der Waals surface area (Å²) >= 11 is 0. The summed E-state index contributed by atoms with van der Waals surface area (Å²) in [5.74, 6) is 1.53. The predicted molar refractivity (Wildman–Crippen MR) is 71.1 cm³/mol. The van der Waals surface area contributed by atoms with E-state index in [-0.39, 0.29) is 0 Å². The molecule has 1 aliphatic rings. The molecular formula is C12H16N6. The van der Waals surface area contributed by atoms with E-state index in [4.69, 9.17) is 0 Å². The molecule has 0 saturated carbocycles. The number of nitrogens with one attached hydrogen (secondary N) is 4. The molecule has 0 atom stereocenters. The molecule has 94 valence electrons. The summed E-state index contributed by atoms with van der Waals surface area (Å²) in [7, 11) is 1.84. The molecule has 0 spiro atoms. The van der Waals surface area contributed by atoms with Crippen LogP contribution in [0.25, 0.3) is 0 Å². The summed E-state index contributed by atoms with van der Waals surface area (Å²) in [6.45, 7) is 1.78. The van der Waals surface area contributed by atoms with Crippen molar-refractivity contribution >= 4 is 17.5 Å². The third kappa shape index (κ3) is 2.02. The van der Waals surface area contributed by atoms with E-state index in [2.05, 4.69) is 30.9 Å². The van der Waals surface area contributed by atoms with Crippen LogP contribution in [0.15, 0.2) is 18.5 Å². The van der Waals surface area contributed by atoms with Crippen molar-refractivity contribution in [3.05, 3.63) is 29.7 Å². The number of anilines is 3. The first-order valence-corrected chi connectivity index (χ1v) is 6.05. The van der Waals surface area contributed by atoms with Crippen LogP contribution in [0, 0.1) is 0 Å². The van der Waals surface area contributed by atoms with Gasteiger partial charge >= 0.3 is 0 Å². The van der Waals surface area contributed by atoms with Gasteiger partial charge in [0.2, 0.25) is 5.95 Å². The Bertz CT molecular complexity index is 534. The molecule has 4 N–H and O–H groups in total.